The monoisotopic (exact) mass is 698 g/mol. The van der Waals surface area contributed by atoms with Gasteiger partial charge in [0.25, 0.3) is 21.8 Å². The van der Waals surface area contributed by atoms with Gasteiger partial charge < -0.3 is 19.5 Å². The van der Waals surface area contributed by atoms with Crippen LogP contribution in [-0.4, -0.2) is 62.6 Å². The number of nitrogens with zero attached hydrogens (tertiary/aromatic N) is 2. The van der Waals surface area contributed by atoms with Crippen LogP contribution in [0.3, 0.4) is 0 Å². The molecule has 0 bridgehead atoms. The van der Waals surface area contributed by atoms with Crippen molar-refractivity contribution in [3.8, 4) is 17.2 Å². The third kappa shape index (κ3) is 8.12. The van der Waals surface area contributed by atoms with Crippen molar-refractivity contribution in [2.45, 2.75) is 45.1 Å². The van der Waals surface area contributed by atoms with Gasteiger partial charge in [-0.05, 0) is 80.4 Å². The van der Waals surface area contributed by atoms with Crippen molar-refractivity contribution in [2.75, 3.05) is 25.6 Å². The lowest BCUT2D eigenvalue weighted by Crippen LogP contribution is -2.52. The van der Waals surface area contributed by atoms with E-state index in [2.05, 4.69) is 15.6 Å². The largest absolute Gasteiger partial charge is 0.495 e. The molecule has 1 heterocycles. The zero-order chi connectivity index (χ0) is 36.0. The number of para-hydroxylation sites is 1. The second kappa shape index (κ2) is 15.2. The summed E-state index contributed by atoms with van der Waals surface area (Å²) in [5.41, 5.74) is 3.41. The molecule has 0 spiro atoms. The molecule has 0 fully saturated rings. The summed E-state index contributed by atoms with van der Waals surface area (Å²) in [6.45, 7) is 7.05. The van der Waals surface area contributed by atoms with E-state index in [1.165, 1.54) is 44.4 Å². The zero-order valence-corrected chi connectivity index (χ0v) is 29.2. The van der Waals surface area contributed by atoms with Crippen LogP contribution < -0.4 is 24.8 Å². The third-order valence-corrected chi connectivity index (χ3v) is 9.59. The van der Waals surface area contributed by atoms with Crippen molar-refractivity contribution < 1.29 is 37.0 Å². The molecular weight excluding hydrogens is 660 g/mol. The number of carbonyl (C=O) groups excluding carboxylic acids is 3. The SMILES string of the molecule is COc1ccc(C)cc1NC(=O)C(Oc1cccc(C(=O)NC(C)=O)c1)C1=Nc2ccccc2S(=O)(=O)N1CCCOc1ccc(C)cc1C. The number of aliphatic imine (C=N–C) groups is 1. The van der Waals surface area contributed by atoms with Crippen LogP contribution >= 0.6 is 0 Å². The molecule has 0 radical (unpaired) electrons. The van der Waals surface area contributed by atoms with Crippen molar-refractivity contribution in [3.05, 3.63) is 107 Å². The number of amidine groups is 1. The molecule has 1 atom stereocenters. The van der Waals surface area contributed by atoms with Crippen LogP contribution in [0.4, 0.5) is 11.4 Å². The fourth-order valence-corrected chi connectivity index (χ4v) is 7.00. The van der Waals surface area contributed by atoms with E-state index < -0.39 is 33.8 Å². The molecule has 13 heteroatoms. The first kappa shape index (κ1) is 35.6. The number of rotatable bonds is 12. The Morgan fingerprint density at radius 2 is 1.60 bits per heavy atom. The van der Waals surface area contributed by atoms with Crippen molar-refractivity contribution in [1.82, 2.24) is 9.62 Å². The quantitative estimate of drug-likeness (QED) is 0.184. The molecule has 3 amide bonds. The van der Waals surface area contributed by atoms with Crippen LogP contribution in [-0.2, 0) is 19.6 Å². The van der Waals surface area contributed by atoms with E-state index in [1.54, 1.807) is 30.3 Å². The number of amides is 3. The number of sulfonamides is 1. The molecule has 5 rings (SSSR count). The lowest BCUT2D eigenvalue weighted by molar-refractivity contribution is -0.120. The number of fused-ring (bicyclic) bond motifs is 1. The zero-order valence-electron chi connectivity index (χ0n) is 28.4. The van der Waals surface area contributed by atoms with Crippen molar-refractivity contribution >= 4 is 45.0 Å². The highest BCUT2D eigenvalue weighted by Crippen LogP contribution is 2.34. The molecule has 260 valence electrons. The van der Waals surface area contributed by atoms with Gasteiger partial charge in [0, 0.05) is 25.5 Å². The molecule has 12 nitrogen and oxygen atoms in total. The van der Waals surface area contributed by atoms with E-state index in [9.17, 15) is 22.8 Å². The van der Waals surface area contributed by atoms with Crippen LogP contribution in [0.1, 0.15) is 40.4 Å². The van der Waals surface area contributed by atoms with Crippen molar-refractivity contribution in [1.29, 1.82) is 0 Å². The minimum Gasteiger partial charge on any atom is -0.495 e. The highest BCUT2D eigenvalue weighted by atomic mass is 32.2. The highest BCUT2D eigenvalue weighted by molar-refractivity contribution is 7.90. The number of carbonyl (C=O) groups is 3. The van der Waals surface area contributed by atoms with Gasteiger partial charge in [0.15, 0.2) is 5.84 Å². The summed E-state index contributed by atoms with van der Waals surface area (Å²) < 4.78 is 47.2. The van der Waals surface area contributed by atoms with E-state index in [0.717, 1.165) is 21.0 Å². The Balaban J connectivity index is 1.54. The average Bonchev–Trinajstić information content (AvgIpc) is 3.07. The number of methoxy groups -OCH3 is 1. The lowest BCUT2D eigenvalue weighted by Gasteiger charge is -2.33. The predicted octanol–water partition coefficient (Wildman–Crippen LogP) is 5.49. The molecule has 4 aromatic rings. The lowest BCUT2D eigenvalue weighted by atomic mass is 10.1. The van der Waals surface area contributed by atoms with Gasteiger partial charge in [0.2, 0.25) is 12.0 Å². The van der Waals surface area contributed by atoms with Crippen LogP contribution in [0, 0.1) is 20.8 Å². The number of nitrogens with one attached hydrogen (secondary N) is 2. The Bertz CT molecular complexity index is 2080. The molecule has 1 aliphatic heterocycles. The first-order valence-corrected chi connectivity index (χ1v) is 17.3. The van der Waals surface area contributed by atoms with Crippen LogP contribution in [0.2, 0.25) is 0 Å². The number of aryl methyl sites for hydroxylation is 3. The minimum atomic E-state index is -4.23. The summed E-state index contributed by atoms with van der Waals surface area (Å²) in [5.74, 6) is -1.08. The Morgan fingerprint density at radius 3 is 2.32 bits per heavy atom. The Kier molecular flexibility index (Phi) is 10.9. The summed E-state index contributed by atoms with van der Waals surface area (Å²) in [5, 5.41) is 5.02. The molecule has 4 aromatic carbocycles. The molecule has 2 N–H and O–H groups in total. The van der Waals surface area contributed by atoms with Gasteiger partial charge >= 0.3 is 0 Å². The normalized spacial score (nSPS) is 13.7. The number of anilines is 1. The summed E-state index contributed by atoms with van der Waals surface area (Å²) in [7, 11) is -2.77. The molecule has 0 aromatic heterocycles. The van der Waals surface area contributed by atoms with Gasteiger partial charge in [-0.2, -0.15) is 0 Å². The van der Waals surface area contributed by atoms with Gasteiger partial charge in [0.1, 0.15) is 22.1 Å². The molecule has 1 unspecified atom stereocenters. The van der Waals surface area contributed by atoms with Gasteiger partial charge in [-0.15, -0.1) is 0 Å². The maximum absolute atomic E-state index is 14.3. The minimum absolute atomic E-state index is 0.0264. The number of imide groups is 1. The van der Waals surface area contributed by atoms with E-state index in [-0.39, 0.29) is 47.3 Å². The fraction of sp³-hybridized carbons (Fsp3) is 0.243. The Morgan fingerprint density at radius 1 is 0.880 bits per heavy atom. The standard InChI is InChI=1S/C37H38N4O8S/c1-23-14-16-31(25(3)20-23)48-19-9-18-41-35(39-29-12-6-7-13-33(29)50(41,45)46)34(37(44)40-30-21-24(2)15-17-32(30)47-5)49-28-11-8-10-27(22-28)36(43)38-26(4)42/h6-8,10-17,20-22,34H,9,18-19H2,1-5H3,(H,40,44)(H,38,42,43). The summed E-state index contributed by atoms with van der Waals surface area (Å²) in [6.07, 6.45) is -1.40. The molecule has 1 aliphatic rings. The van der Waals surface area contributed by atoms with Crippen molar-refractivity contribution in [3.63, 3.8) is 0 Å². The fourth-order valence-electron chi connectivity index (χ4n) is 5.38. The molecule has 0 aliphatic carbocycles. The smallest absolute Gasteiger partial charge is 0.273 e. The second-order valence-corrected chi connectivity index (χ2v) is 13.5. The summed E-state index contributed by atoms with van der Waals surface area (Å²) >= 11 is 0. The maximum Gasteiger partial charge on any atom is 0.273 e. The van der Waals surface area contributed by atoms with Gasteiger partial charge in [0.05, 0.1) is 25.1 Å². The predicted molar refractivity (Wildman–Crippen MR) is 189 cm³/mol. The Labute approximate surface area is 291 Å². The summed E-state index contributed by atoms with van der Waals surface area (Å²) in [6, 6.07) is 23.1. The van der Waals surface area contributed by atoms with Gasteiger partial charge in [-0.1, -0.05) is 42.0 Å². The van der Waals surface area contributed by atoms with E-state index in [1.807, 2.05) is 45.0 Å². The number of hydrogen-bond acceptors (Lipinski definition) is 9. The molecule has 0 saturated heterocycles. The van der Waals surface area contributed by atoms with E-state index in [4.69, 9.17) is 14.2 Å². The molecule has 50 heavy (non-hydrogen) atoms. The third-order valence-electron chi connectivity index (χ3n) is 7.74. The summed E-state index contributed by atoms with van der Waals surface area (Å²) in [4.78, 5) is 43.1. The molecule has 0 saturated carbocycles. The number of benzene rings is 4. The topological polar surface area (TPSA) is 153 Å². The second-order valence-electron chi connectivity index (χ2n) is 11.7. The van der Waals surface area contributed by atoms with Crippen LogP contribution in [0.5, 0.6) is 17.2 Å². The highest BCUT2D eigenvalue weighted by Gasteiger charge is 2.41. The average molecular weight is 699 g/mol. The Hall–Kier alpha value is -5.69. The van der Waals surface area contributed by atoms with E-state index in [0.29, 0.717) is 17.2 Å². The van der Waals surface area contributed by atoms with Crippen LogP contribution in [0.15, 0.2) is 94.8 Å². The van der Waals surface area contributed by atoms with Crippen LogP contribution in [0.25, 0.3) is 0 Å². The van der Waals surface area contributed by atoms with Gasteiger partial charge in [-0.3, -0.25) is 19.7 Å². The van der Waals surface area contributed by atoms with E-state index >= 15 is 0 Å². The maximum atomic E-state index is 14.3. The molecular formula is C37H38N4O8S. The van der Waals surface area contributed by atoms with Crippen molar-refractivity contribution in [2.24, 2.45) is 4.99 Å². The first-order valence-electron chi connectivity index (χ1n) is 15.8. The first-order chi connectivity index (χ1) is 23.9. The number of ether oxygens (including phenoxy) is 3. The number of hydrogen-bond donors (Lipinski definition) is 2. The van der Waals surface area contributed by atoms with Gasteiger partial charge in [-0.25, -0.2) is 17.7 Å².